The van der Waals surface area contributed by atoms with Crippen molar-refractivity contribution in [2.24, 2.45) is 0 Å². The van der Waals surface area contributed by atoms with Gasteiger partial charge in [0.15, 0.2) is 5.78 Å². The first kappa shape index (κ1) is 13.2. The number of hydrogen-bond acceptors (Lipinski definition) is 2. The molecule has 0 saturated carbocycles. The Bertz CT molecular complexity index is 374. The first-order valence-electron chi connectivity index (χ1n) is 5.51. The number of ketones is 1. The van der Waals surface area contributed by atoms with Gasteiger partial charge in [-0.2, -0.15) is 0 Å². The van der Waals surface area contributed by atoms with Crippen molar-refractivity contribution in [3.63, 3.8) is 0 Å². The zero-order valence-corrected chi connectivity index (χ0v) is 11.5. The Morgan fingerprint density at radius 2 is 2.19 bits per heavy atom. The number of ether oxygens (including phenoxy) is 1. The summed E-state index contributed by atoms with van der Waals surface area (Å²) < 4.78 is 6.70. The fourth-order valence-electron chi connectivity index (χ4n) is 1.57. The molecule has 0 bridgehead atoms. The van der Waals surface area contributed by atoms with Gasteiger partial charge < -0.3 is 4.74 Å². The Morgan fingerprint density at radius 3 is 2.75 bits per heavy atom. The molecule has 0 spiro atoms. The normalized spacial score (nSPS) is 12.2. The molecule has 1 aromatic carbocycles. The summed E-state index contributed by atoms with van der Waals surface area (Å²) in [4.78, 5) is 11.4. The quantitative estimate of drug-likeness (QED) is 0.757. The molecule has 0 aromatic heterocycles. The fraction of sp³-hybridized carbons (Fsp3) is 0.462. The van der Waals surface area contributed by atoms with Crippen LogP contribution in [0, 0.1) is 0 Å². The van der Waals surface area contributed by atoms with E-state index in [1.54, 1.807) is 13.0 Å². The van der Waals surface area contributed by atoms with E-state index in [9.17, 15) is 4.79 Å². The maximum atomic E-state index is 11.4. The summed E-state index contributed by atoms with van der Waals surface area (Å²) in [5, 5.41) is 0. The van der Waals surface area contributed by atoms with Gasteiger partial charge in [-0.3, -0.25) is 4.79 Å². The second-order valence-electron chi connectivity index (χ2n) is 3.91. The molecule has 0 aliphatic heterocycles. The van der Waals surface area contributed by atoms with Crippen molar-refractivity contribution in [3.8, 4) is 5.75 Å². The molecule has 0 heterocycles. The highest BCUT2D eigenvalue weighted by Crippen LogP contribution is 2.25. The molecular weight excluding hydrogens is 268 g/mol. The summed E-state index contributed by atoms with van der Waals surface area (Å²) in [5.41, 5.74) is 0.645. The average Bonchev–Trinajstić information content (AvgIpc) is 2.17. The van der Waals surface area contributed by atoms with Gasteiger partial charge >= 0.3 is 0 Å². The third-order valence-corrected chi connectivity index (χ3v) is 2.84. The SMILES string of the molecule is CCCC(C)Oc1cc(Br)ccc1C(C)=O. The van der Waals surface area contributed by atoms with Crippen molar-refractivity contribution in [2.75, 3.05) is 0 Å². The first-order valence-corrected chi connectivity index (χ1v) is 6.31. The zero-order chi connectivity index (χ0) is 12.1. The van der Waals surface area contributed by atoms with Gasteiger partial charge in [-0.25, -0.2) is 0 Å². The van der Waals surface area contributed by atoms with Crippen LogP contribution in [0.15, 0.2) is 22.7 Å². The number of Topliss-reactive ketones (excluding diaryl/α,β-unsaturated/α-hetero) is 1. The highest BCUT2D eigenvalue weighted by atomic mass is 79.9. The molecule has 0 radical (unpaired) electrons. The van der Waals surface area contributed by atoms with Gasteiger partial charge in [0.2, 0.25) is 0 Å². The molecular formula is C13H17BrO2. The molecule has 1 unspecified atom stereocenters. The molecule has 1 aromatic rings. The van der Waals surface area contributed by atoms with Crippen molar-refractivity contribution in [3.05, 3.63) is 28.2 Å². The molecule has 1 atom stereocenters. The van der Waals surface area contributed by atoms with Gasteiger partial charge in [-0.05, 0) is 38.5 Å². The van der Waals surface area contributed by atoms with Gasteiger partial charge in [0.25, 0.3) is 0 Å². The monoisotopic (exact) mass is 284 g/mol. The van der Waals surface area contributed by atoms with E-state index in [1.807, 2.05) is 19.1 Å². The highest BCUT2D eigenvalue weighted by Gasteiger charge is 2.11. The molecule has 16 heavy (non-hydrogen) atoms. The van der Waals surface area contributed by atoms with Crippen LogP contribution in [-0.4, -0.2) is 11.9 Å². The van der Waals surface area contributed by atoms with Gasteiger partial charge in [0.1, 0.15) is 5.75 Å². The number of rotatable bonds is 5. The third-order valence-electron chi connectivity index (χ3n) is 2.35. The van der Waals surface area contributed by atoms with Crippen LogP contribution in [0.2, 0.25) is 0 Å². The summed E-state index contributed by atoms with van der Waals surface area (Å²) in [6, 6.07) is 5.50. The Hall–Kier alpha value is -0.830. The lowest BCUT2D eigenvalue weighted by Crippen LogP contribution is -2.13. The van der Waals surface area contributed by atoms with Crippen LogP contribution >= 0.6 is 15.9 Å². The molecule has 0 aliphatic carbocycles. The summed E-state index contributed by atoms with van der Waals surface area (Å²) in [6.45, 7) is 5.70. The van der Waals surface area contributed by atoms with E-state index in [2.05, 4.69) is 22.9 Å². The van der Waals surface area contributed by atoms with E-state index >= 15 is 0 Å². The standard InChI is InChI=1S/C13H17BrO2/c1-4-5-9(2)16-13-8-11(14)6-7-12(13)10(3)15/h6-9H,4-5H2,1-3H3. The third kappa shape index (κ3) is 3.63. The lowest BCUT2D eigenvalue weighted by molar-refractivity contribution is 0.101. The minimum absolute atomic E-state index is 0.0335. The number of carbonyl (C=O) groups is 1. The smallest absolute Gasteiger partial charge is 0.163 e. The second-order valence-corrected chi connectivity index (χ2v) is 4.83. The van der Waals surface area contributed by atoms with E-state index in [0.717, 1.165) is 17.3 Å². The van der Waals surface area contributed by atoms with Crippen molar-refractivity contribution in [1.29, 1.82) is 0 Å². The summed E-state index contributed by atoms with van der Waals surface area (Å²) in [6.07, 6.45) is 2.20. The van der Waals surface area contributed by atoms with Crippen LogP contribution in [0.1, 0.15) is 44.0 Å². The van der Waals surface area contributed by atoms with Crippen molar-refractivity contribution >= 4 is 21.7 Å². The molecule has 0 fully saturated rings. The minimum atomic E-state index is 0.0335. The number of carbonyl (C=O) groups excluding carboxylic acids is 1. The Balaban J connectivity index is 2.92. The average molecular weight is 285 g/mol. The summed E-state index contributed by atoms with van der Waals surface area (Å²) >= 11 is 3.38. The highest BCUT2D eigenvalue weighted by molar-refractivity contribution is 9.10. The lowest BCUT2D eigenvalue weighted by Gasteiger charge is -2.16. The molecule has 0 N–H and O–H groups in total. The van der Waals surface area contributed by atoms with Crippen LogP contribution in [0.4, 0.5) is 0 Å². The summed E-state index contributed by atoms with van der Waals surface area (Å²) in [5.74, 6) is 0.703. The zero-order valence-electron chi connectivity index (χ0n) is 9.92. The van der Waals surface area contributed by atoms with Gasteiger partial charge in [0, 0.05) is 4.47 Å². The van der Waals surface area contributed by atoms with Crippen molar-refractivity contribution < 1.29 is 9.53 Å². The fourth-order valence-corrected chi connectivity index (χ4v) is 1.91. The van der Waals surface area contributed by atoms with E-state index in [-0.39, 0.29) is 11.9 Å². The minimum Gasteiger partial charge on any atom is -0.490 e. The van der Waals surface area contributed by atoms with Crippen molar-refractivity contribution in [1.82, 2.24) is 0 Å². The maximum absolute atomic E-state index is 11.4. The topological polar surface area (TPSA) is 26.3 Å². The van der Waals surface area contributed by atoms with Gasteiger partial charge in [-0.15, -0.1) is 0 Å². The van der Waals surface area contributed by atoms with E-state index in [0.29, 0.717) is 11.3 Å². The van der Waals surface area contributed by atoms with Gasteiger partial charge in [0.05, 0.1) is 11.7 Å². The molecule has 0 saturated heterocycles. The number of hydrogen-bond donors (Lipinski definition) is 0. The predicted molar refractivity (Wildman–Crippen MR) is 69.1 cm³/mol. The van der Waals surface area contributed by atoms with Crippen LogP contribution in [0.3, 0.4) is 0 Å². The van der Waals surface area contributed by atoms with Crippen molar-refractivity contribution in [2.45, 2.75) is 39.7 Å². The lowest BCUT2D eigenvalue weighted by atomic mass is 10.1. The largest absolute Gasteiger partial charge is 0.490 e. The Morgan fingerprint density at radius 1 is 1.50 bits per heavy atom. The van der Waals surface area contributed by atoms with Crippen LogP contribution < -0.4 is 4.74 Å². The molecule has 2 nitrogen and oxygen atoms in total. The predicted octanol–water partition coefficient (Wildman–Crippen LogP) is 4.22. The molecule has 1 rings (SSSR count). The molecule has 0 aliphatic rings. The van der Waals surface area contributed by atoms with Crippen LogP contribution in [0.5, 0.6) is 5.75 Å². The Kier molecular flexibility index (Phi) is 5.00. The van der Waals surface area contributed by atoms with Crippen LogP contribution in [0.25, 0.3) is 0 Å². The molecule has 3 heteroatoms. The van der Waals surface area contributed by atoms with E-state index in [1.165, 1.54) is 0 Å². The first-order chi connectivity index (χ1) is 7.54. The number of halogens is 1. The Labute approximate surface area is 105 Å². The van der Waals surface area contributed by atoms with E-state index < -0.39 is 0 Å². The van der Waals surface area contributed by atoms with E-state index in [4.69, 9.17) is 4.74 Å². The summed E-state index contributed by atoms with van der Waals surface area (Å²) in [7, 11) is 0. The molecule has 88 valence electrons. The number of benzene rings is 1. The van der Waals surface area contributed by atoms with Gasteiger partial charge in [-0.1, -0.05) is 29.3 Å². The second kappa shape index (κ2) is 6.04. The van der Waals surface area contributed by atoms with Crippen LogP contribution in [-0.2, 0) is 0 Å². The maximum Gasteiger partial charge on any atom is 0.163 e. The molecule has 0 amide bonds.